The zero-order valence-corrected chi connectivity index (χ0v) is 17.4. The Morgan fingerprint density at radius 2 is 1.81 bits per heavy atom. The van der Waals surface area contributed by atoms with Gasteiger partial charge in [-0.25, -0.2) is 4.79 Å². The second-order valence-corrected chi connectivity index (χ2v) is 7.81. The number of phenols is 1. The number of ether oxygens (including phenoxy) is 2. The van der Waals surface area contributed by atoms with Gasteiger partial charge in [-0.05, 0) is 20.8 Å². The lowest BCUT2D eigenvalue weighted by Crippen LogP contribution is -2.34. The molecule has 0 atom stereocenters. The number of amides is 1. The topological polar surface area (TPSA) is 115 Å². The summed E-state index contributed by atoms with van der Waals surface area (Å²) in [6.45, 7) is 5.21. The SMILES string of the molecule is CC(C)(C)OC(=O)NCCC(=O)Oc1cc(O)c2c(=O)cc(-c3ccccc3)oc2c1. The number of nitrogens with one attached hydrogen (secondary N) is 1. The minimum atomic E-state index is -0.643. The Morgan fingerprint density at radius 3 is 2.48 bits per heavy atom. The monoisotopic (exact) mass is 425 g/mol. The van der Waals surface area contributed by atoms with Gasteiger partial charge >= 0.3 is 12.1 Å². The van der Waals surface area contributed by atoms with E-state index in [1.165, 1.54) is 18.2 Å². The van der Waals surface area contributed by atoms with Crippen LogP contribution in [0, 0.1) is 0 Å². The number of phenolic OH excluding ortho intramolecular Hbond substituents is 1. The number of carbonyl (C=O) groups is 2. The van der Waals surface area contributed by atoms with Crippen LogP contribution in [0.4, 0.5) is 4.79 Å². The molecule has 3 rings (SSSR count). The lowest BCUT2D eigenvalue weighted by molar-refractivity contribution is -0.134. The molecule has 2 N–H and O–H groups in total. The van der Waals surface area contributed by atoms with Crippen molar-refractivity contribution in [3.05, 3.63) is 58.8 Å². The fourth-order valence-electron chi connectivity index (χ4n) is 2.81. The lowest BCUT2D eigenvalue weighted by atomic mass is 10.1. The molecule has 162 valence electrons. The molecule has 8 heteroatoms. The van der Waals surface area contributed by atoms with E-state index < -0.39 is 23.1 Å². The molecule has 0 aliphatic heterocycles. The predicted molar refractivity (Wildman–Crippen MR) is 114 cm³/mol. The van der Waals surface area contributed by atoms with Crippen molar-refractivity contribution in [1.82, 2.24) is 5.32 Å². The quantitative estimate of drug-likeness (QED) is 0.469. The molecule has 0 aliphatic carbocycles. The van der Waals surface area contributed by atoms with E-state index in [0.29, 0.717) is 11.3 Å². The summed E-state index contributed by atoms with van der Waals surface area (Å²) in [5.74, 6) is -0.667. The number of hydrogen-bond donors (Lipinski definition) is 2. The third-order valence-electron chi connectivity index (χ3n) is 4.07. The summed E-state index contributed by atoms with van der Waals surface area (Å²) in [4.78, 5) is 36.2. The van der Waals surface area contributed by atoms with Gasteiger partial charge in [-0.3, -0.25) is 9.59 Å². The molecule has 1 aromatic heterocycles. The Labute approximate surface area is 178 Å². The third kappa shape index (κ3) is 5.85. The van der Waals surface area contributed by atoms with Gasteiger partial charge in [0.1, 0.15) is 33.8 Å². The van der Waals surface area contributed by atoms with Crippen LogP contribution in [0.15, 0.2) is 57.7 Å². The van der Waals surface area contributed by atoms with E-state index in [4.69, 9.17) is 13.9 Å². The molecule has 0 unspecified atom stereocenters. The predicted octanol–water partition coefficient (Wildman–Crippen LogP) is 3.99. The number of rotatable bonds is 5. The van der Waals surface area contributed by atoms with E-state index in [-0.39, 0.29) is 35.4 Å². The Kier molecular flexibility index (Phi) is 6.29. The van der Waals surface area contributed by atoms with Crippen LogP contribution in [0.3, 0.4) is 0 Å². The van der Waals surface area contributed by atoms with Gasteiger partial charge in [0.05, 0.1) is 6.42 Å². The highest BCUT2D eigenvalue weighted by Crippen LogP contribution is 2.31. The van der Waals surface area contributed by atoms with Crippen molar-refractivity contribution in [2.75, 3.05) is 6.54 Å². The number of carbonyl (C=O) groups excluding carboxylic acids is 2. The van der Waals surface area contributed by atoms with Gasteiger partial charge in [-0.2, -0.15) is 0 Å². The van der Waals surface area contributed by atoms with Crippen LogP contribution in [0.1, 0.15) is 27.2 Å². The minimum absolute atomic E-state index is 0.00827. The number of fused-ring (bicyclic) bond motifs is 1. The van der Waals surface area contributed by atoms with Crippen LogP contribution in [0.2, 0.25) is 0 Å². The van der Waals surface area contributed by atoms with E-state index in [0.717, 1.165) is 0 Å². The minimum Gasteiger partial charge on any atom is -0.507 e. The maximum atomic E-state index is 12.5. The van der Waals surface area contributed by atoms with E-state index in [1.54, 1.807) is 45.0 Å². The zero-order valence-electron chi connectivity index (χ0n) is 17.4. The lowest BCUT2D eigenvalue weighted by Gasteiger charge is -2.19. The van der Waals surface area contributed by atoms with Gasteiger partial charge in [-0.15, -0.1) is 0 Å². The summed E-state index contributed by atoms with van der Waals surface area (Å²) >= 11 is 0. The van der Waals surface area contributed by atoms with Gasteiger partial charge in [0, 0.05) is 30.3 Å². The number of hydrogen-bond acceptors (Lipinski definition) is 7. The number of benzene rings is 2. The standard InChI is InChI=1S/C23H23NO7/c1-23(2,3)31-22(28)24-10-9-20(27)29-15-11-16(25)21-17(26)13-18(30-19(21)12-15)14-7-5-4-6-8-14/h4-8,11-13,25H,9-10H2,1-3H3,(H,24,28). The van der Waals surface area contributed by atoms with Crippen LogP contribution < -0.4 is 15.5 Å². The first kappa shape index (κ1) is 21.9. The summed E-state index contributed by atoms with van der Waals surface area (Å²) in [5, 5.41) is 12.7. The normalized spacial score (nSPS) is 11.2. The zero-order chi connectivity index (χ0) is 22.6. The molecule has 0 fully saturated rings. The molecule has 2 aromatic carbocycles. The molecule has 0 saturated heterocycles. The average Bonchev–Trinajstić information content (AvgIpc) is 2.66. The van der Waals surface area contributed by atoms with Crippen LogP contribution in [-0.2, 0) is 9.53 Å². The van der Waals surface area contributed by atoms with E-state index in [9.17, 15) is 19.5 Å². The molecule has 1 heterocycles. The number of aromatic hydroxyl groups is 1. The molecule has 0 aliphatic rings. The highest BCUT2D eigenvalue weighted by atomic mass is 16.6. The molecule has 0 spiro atoms. The molecule has 0 radical (unpaired) electrons. The average molecular weight is 425 g/mol. The van der Waals surface area contributed by atoms with E-state index >= 15 is 0 Å². The Balaban J connectivity index is 1.73. The highest BCUT2D eigenvalue weighted by Gasteiger charge is 2.17. The van der Waals surface area contributed by atoms with Gasteiger partial charge in [0.2, 0.25) is 0 Å². The van der Waals surface area contributed by atoms with Crippen LogP contribution in [0.5, 0.6) is 11.5 Å². The van der Waals surface area contributed by atoms with Crippen molar-refractivity contribution in [3.63, 3.8) is 0 Å². The Morgan fingerprint density at radius 1 is 1.10 bits per heavy atom. The van der Waals surface area contributed by atoms with E-state index in [1.807, 2.05) is 6.07 Å². The molecule has 8 nitrogen and oxygen atoms in total. The van der Waals surface area contributed by atoms with E-state index in [2.05, 4.69) is 5.32 Å². The second kappa shape index (κ2) is 8.91. The third-order valence-corrected chi connectivity index (χ3v) is 4.07. The molecular weight excluding hydrogens is 402 g/mol. The summed E-state index contributed by atoms with van der Waals surface area (Å²) in [7, 11) is 0. The maximum Gasteiger partial charge on any atom is 0.407 e. The van der Waals surface area contributed by atoms with Crippen molar-refractivity contribution in [1.29, 1.82) is 0 Å². The fourth-order valence-corrected chi connectivity index (χ4v) is 2.81. The summed E-state index contributed by atoms with van der Waals surface area (Å²) in [6, 6.07) is 12.8. The molecular formula is C23H23NO7. The first-order chi connectivity index (χ1) is 14.6. The summed E-state index contributed by atoms with van der Waals surface area (Å²) < 4.78 is 16.1. The van der Waals surface area contributed by atoms with Gasteiger partial charge < -0.3 is 24.3 Å². The van der Waals surface area contributed by atoms with Gasteiger partial charge in [0.25, 0.3) is 0 Å². The molecule has 3 aromatic rings. The van der Waals surface area contributed by atoms with Crippen LogP contribution in [0.25, 0.3) is 22.3 Å². The molecule has 0 bridgehead atoms. The van der Waals surface area contributed by atoms with Gasteiger partial charge in [0.15, 0.2) is 5.43 Å². The summed E-state index contributed by atoms with van der Waals surface area (Å²) in [6.07, 6.45) is -0.759. The molecule has 0 saturated carbocycles. The Bertz CT molecular complexity index is 1160. The molecule has 31 heavy (non-hydrogen) atoms. The number of alkyl carbamates (subject to hydrolysis) is 1. The highest BCUT2D eigenvalue weighted by molar-refractivity contribution is 5.87. The van der Waals surface area contributed by atoms with Crippen molar-refractivity contribution in [3.8, 4) is 22.8 Å². The fraction of sp³-hybridized carbons (Fsp3) is 0.261. The first-order valence-corrected chi connectivity index (χ1v) is 9.66. The van der Waals surface area contributed by atoms with Crippen molar-refractivity contribution >= 4 is 23.0 Å². The maximum absolute atomic E-state index is 12.5. The smallest absolute Gasteiger partial charge is 0.407 e. The molecule has 1 amide bonds. The number of esters is 1. The van der Waals surface area contributed by atoms with Crippen molar-refractivity contribution in [2.45, 2.75) is 32.8 Å². The second-order valence-electron chi connectivity index (χ2n) is 7.81. The Hall–Kier alpha value is -3.81. The van der Waals surface area contributed by atoms with Crippen molar-refractivity contribution in [2.24, 2.45) is 0 Å². The first-order valence-electron chi connectivity index (χ1n) is 9.66. The van der Waals surface area contributed by atoms with Crippen LogP contribution in [-0.4, -0.2) is 29.3 Å². The summed E-state index contributed by atoms with van der Waals surface area (Å²) in [5.41, 5.74) is -0.287. The largest absolute Gasteiger partial charge is 0.507 e. The van der Waals surface area contributed by atoms with Crippen molar-refractivity contribution < 1.29 is 28.6 Å². The van der Waals surface area contributed by atoms with Crippen LogP contribution >= 0.6 is 0 Å². The van der Waals surface area contributed by atoms with Gasteiger partial charge in [-0.1, -0.05) is 30.3 Å².